The molecule has 2 aromatic carbocycles. The molecule has 34 heavy (non-hydrogen) atoms. The smallest absolute Gasteiger partial charge is 0.335 e. The lowest BCUT2D eigenvalue weighted by Crippen LogP contribution is -2.67. The quantitative estimate of drug-likeness (QED) is 0.690. The molecule has 174 valence electrons. The topological polar surface area (TPSA) is 140 Å². The zero-order valence-electron chi connectivity index (χ0n) is 17.6. The number of carboxylic acid groups (broad SMARTS) is 2. The van der Waals surface area contributed by atoms with Crippen LogP contribution in [0.2, 0.25) is 0 Å². The first-order valence-electron chi connectivity index (χ1n) is 10.4. The van der Waals surface area contributed by atoms with E-state index in [1.165, 1.54) is 43.9 Å². The maximum Gasteiger partial charge on any atom is 0.335 e. The second-order valence-electron chi connectivity index (χ2n) is 8.31. The Hall–Kier alpha value is -4.16. The largest absolute Gasteiger partial charge is 0.478 e. The summed E-state index contributed by atoms with van der Waals surface area (Å²) in [4.78, 5) is 56.0. The molecule has 12 nitrogen and oxygen atoms in total. The lowest BCUT2D eigenvalue weighted by molar-refractivity contribution is -0.210. The Kier molecular flexibility index (Phi) is 4.02. The Morgan fingerprint density at radius 2 is 0.912 bits per heavy atom. The number of carboxylic acids is 2. The van der Waals surface area contributed by atoms with E-state index in [0.717, 1.165) is 0 Å². The number of amides is 4. The zero-order chi connectivity index (χ0) is 23.8. The van der Waals surface area contributed by atoms with Crippen molar-refractivity contribution in [2.45, 2.75) is 11.3 Å². The van der Waals surface area contributed by atoms with Crippen molar-refractivity contribution in [2.75, 3.05) is 26.9 Å². The van der Waals surface area contributed by atoms with Crippen molar-refractivity contribution in [3.8, 4) is 0 Å². The molecule has 4 amide bonds. The molecule has 12 heteroatoms. The molecule has 0 saturated carbocycles. The molecular formula is C22H18N4O8. The number of rotatable bonds is 4. The van der Waals surface area contributed by atoms with Crippen LogP contribution in [0.3, 0.4) is 0 Å². The lowest BCUT2D eigenvalue weighted by Gasteiger charge is -2.52. The number of hydrogen-bond acceptors (Lipinski definition) is 6. The minimum atomic E-state index is -1.41. The normalized spacial score (nSPS) is 27.3. The zero-order valence-corrected chi connectivity index (χ0v) is 17.6. The summed E-state index contributed by atoms with van der Waals surface area (Å²) in [5.41, 5.74) is -1.69. The number of carbonyl (C=O) groups is 4. The Bertz CT molecular complexity index is 1120. The summed E-state index contributed by atoms with van der Waals surface area (Å²) in [7, 11) is 0. The minimum Gasteiger partial charge on any atom is -0.478 e. The Morgan fingerprint density at radius 3 is 1.18 bits per heavy atom. The van der Waals surface area contributed by atoms with Crippen LogP contribution in [-0.2, 0) is 20.8 Å². The molecule has 0 aliphatic carbocycles. The molecular weight excluding hydrogens is 448 g/mol. The van der Waals surface area contributed by atoms with E-state index in [1.807, 2.05) is 0 Å². The third kappa shape index (κ3) is 2.14. The van der Waals surface area contributed by atoms with Gasteiger partial charge in [0, 0.05) is 11.1 Å². The van der Waals surface area contributed by atoms with Crippen molar-refractivity contribution in [1.82, 2.24) is 19.6 Å². The molecule has 4 fully saturated rings. The van der Waals surface area contributed by atoms with Crippen LogP contribution < -0.4 is 0 Å². The fourth-order valence-corrected chi connectivity index (χ4v) is 5.65. The summed E-state index contributed by atoms with van der Waals surface area (Å²) in [6, 6.07) is 11.2. The molecule has 2 N–H and O–H groups in total. The summed E-state index contributed by atoms with van der Waals surface area (Å²) in [5, 5.41) is 18.7. The van der Waals surface area contributed by atoms with Gasteiger partial charge in [-0.3, -0.25) is 19.6 Å². The van der Waals surface area contributed by atoms with Gasteiger partial charge in [0.2, 0.25) is 0 Å². The number of aromatic carboxylic acids is 2. The molecule has 4 aliphatic heterocycles. The number of ether oxygens (including phenoxy) is 2. The van der Waals surface area contributed by atoms with Crippen molar-refractivity contribution in [3.63, 3.8) is 0 Å². The summed E-state index contributed by atoms with van der Waals surface area (Å²) in [6.45, 7) is -0.434. The third-order valence-electron chi connectivity index (χ3n) is 6.92. The number of nitrogens with zero attached hydrogens (tertiary/aromatic N) is 4. The summed E-state index contributed by atoms with van der Waals surface area (Å²) in [5.74, 6) is -2.21. The Morgan fingerprint density at radius 1 is 0.618 bits per heavy atom. The first-order valence-corrected chi connectivity index (χ1v) is 10.4. The molecule has 4 aliphatic rings. The molecule has 0 aromatic heterocycles. The average molecular weight is 466 g/mol. The van der Waals surface area contributed by atoms with Crippen molar-refractivity contribution in [2.24, 2.45) is 0 Å². The highest BCUT2D eigenvalue weighted by Crippen LogP contribution is 2.63. The fraction of sp³-hybridized carbons (Fsp3) is 0.273. The van der Waals surface area contributed by atoms with Crippen LogP contribution in [0.5, 0.6) is 0 Å². The van der Waals surface area contributed by atoms with E-state index in [-0.39, 0.29) is 38.1 Å². The van der Waals surface area contributed by atoms with Crippen LogP contribution in [-0.4, -0.2) is 80.7 Å². The van der Waals surface area contributed by atoms with Gasteiger partial charge in [0.05, 0.1) is 11.1 Å². The first kappa shape index (κ1) is 20.4. The summed E-state index contributed by atoms with van der Waals surface area (Å²) < 4.78 is 11.2. The highest BCUT2D eigenvalue weighted by Gasteiger charge is 2.82. The second kappa shape index (κ2) is 6.68. The van der Waals surface area contributed by atoms with Crippen molar-refractivity contribution in [3.05, 3.63) is 70.8 Å². The number of carbonyl (C=O) groups excluding carboxylic acids is 2. The monoisotopic (exact) mass is 466 g/mol. The van der Waals surface area contributed by atoms with E-state index in [9.17, 15) is 29.4 Å². The van der Waals surface area contributed by atoms with Gasteiger partial charge in [0.1, 0.15) is 26.9 Å². The highest BCUT2D eigenvalue weighted by atomic mass is 16.5. The number of urea groups is 2. The molecule has 2 aromatic rings. The molecule has 0 unspecified atom stereocenters. The summed E-state index contributed by atoms with van der Waals surface area (Å²) >= 11 is 0. The van der Waals surface area contributed by atoms with E-state index >= 15 is 0 Å². The molecule has 4 heterocycles. The van der Waals surface area contributed by atoms with Crippen molar-refractivity contribution in [1.29, 1.82) is 0 Å². The molecule has 6 rings (SSSR count). The SMILES string of the molecule is O=C(O)c1ccc(C23N4COCN2C(=O)N2COCN(C4=O)C23c2ccc(C(=O)O)cc2)cc1. The van der Waals surface area contributed by atoms with Crippen LogP contribution in [0, 0.1) is 0 Å². The maximum atomic E-state index is 13.7. The van der Waals surface area contributed by atoms with Crippen LogP contribution in [0.4, 0.5) is 9.59 Å². The van der Waals surface area contributed by atoms with Crippen LogP contribution in [0.1, 0.15) is 31.8 Å². The highest BCUT2D eigenvalue weighted by molar-refractivity contribution is 5.91. The van der Waals surface area contributed by atoms with E-state index in [1.54, 1.807) is 24.3 Å². The number of benzene rings is 2. The molecule has 0 spiro atoms. The Balaban J connectivity index is 1.68. The fourth-order valence-electron chi connectivity index (χ4n) is 5.65. The molecule has 0 atom stereocenters. The van der Waals surface area contributed by atoms with Crippen LogP contribution in [0.25, 0.3) is 0 Å². The second-order valence-corrected chi connectivity index (χ2v) is 8.31. The minimum absolute atomic E-state index is 0.0563. The number of hydrogen-bond donors (Lipinski definition) is 2. The predicted molar refractivity (Wildman–Crippen MR) is 110 cm³/mol. The third-order valence-corrected chi connectivity index (χ3v) is 6.92. The van der Waals surface area contributed by atoms with Gasteiger partial charge in [-0.05, 0) is 24.3 Å². The van der Waals surface area contributed by atoms with Gasteiger partial charge < -0.3 is 19.7 Å². The average Bonchev–Trinajstić information content (AvgIpc) is 3.24. The molecule has 4 saturated heterocycles. The van der Waals surface area contributed by atoms with Gasteiger partial charge >= 0.3 is 24.0 Å². The van der Waals surface area contributed by atoms with Crippen LogP contribution >= 0.6 is 0 Å². The van der Waals surface area contributed by atoms with Gasteiger partial charge in [-0.1, -0.05) is 24.3 Å². The van der Waals surface area contributed by atoms with Gasteiger partial charge in [-0.25, -0.2) is 19.2 Å². The predicted octanol–water partition coefficient (Wildman–Crippen LogP) is 1.45. The summed E-state index contributed by atoms with van der Waals surface area (Å²) in [6.07, 6.45) is 0. The maximum absolute atomic E-state index is 13.7. The van der Waals surface area contributed by atoms with Gasteiger partial charge in [0.15, 0.2) is 11.3 Å². The molecule has 0 radical (unpaired) electrons. The standard InChI is InChI=1S/C22H18N4O8/c27-17(28)13-1-5-15(6-2-13)21-22(16-7-3-14(4-8-16)18(29)30)25-11-34-12-26(22)20(32)24(21)10-33-9-23(21)19(25)31/h1-8H,9-12H2,(H,27,28)(H,29,30). The molecule has 0 bridgehead atoms. The Labute approximate surface area is 192 Å². The van der Waals surface area contributed by atoms with E-state index in [2.05, 4.69) is 0 Å². The van der Waals surface area contributed by atoms with E-state index in [4.69, 9.17) is 9.47 Å². The van der Waals surface area contributed by atoms with Gasteiger partial charge in [-0.15, -0.1) is 0 Å². The lowest BCUT2D eigenvalue weighted by atomic mass is 9.79. The van der Waals surface area contributed by atoms with Crippen molar-refractivity contribution < 1.29 is 38.9 Å². The van der Waals surface area contributed by atoms with Crippen LogP contribution in [0.15, 0.2) is 48.5 Å². The van der Waals surface area contributed by atoms with Gasteiger partial charge in [-0.2, -0.15) is 0 Å². The van der Waals surface area contributed by atoms with Crippen molar-refractivity contribution >= 4 is 24.0 Å². The van der Waals surface area contributed by atoms with Gasteiger partial charge in [0.25, 0.3) is 0 Å². The van der Waals surface area contributed by atoms with E-state index < -0.39 is 35.3 Å². The first-order chi connectivity index (χ1) is 16.3. The van der Waals surface area contributed by atoms with E-state index in [0.29, 0.717) is 11.1 Å².